The van der Waals surface area contributed by atoms with Gasteiger partial charge >= 0.3 is 5.97 Å². The Morgan fingerprint density at radius 2 is 1.74 bits per heavy atom. The largest absolute Gasteiger partial charge is 0.467 e. The molecule has 0 bridgehead atoms. The summed E-state index contributed by atoms with van der Waals surface area (Å²) in [7, 11) is 1.38. The minimum absolute atomic E-state index is 0.0179. The molecule has 1 aliphatic carbocycles. The second-order valence-corrected chi connectivity index (χ2v) is 7.52. The number of fused-ring (bicyclic) bond motifs is 2. The lowest BCUT2D eigenvalue weighted by atomic mass is 9.89. The summed E-state index contributed by atoms with van der Waals surface area (Å²) in [6.45, 7) is 0.458. The minimum atomic E-state index is -0.546. The average molecular weight is 363 g/mol. The fourth-order valence-corrected chi connectivity index (χ4v) is 4.30. The molecule has 0 fully saturated rings. The first kappa shape index (κ1) is 17.8. The molecule has 27 heavy (non-hydrogen) atoms. The van der Waals surface area contributed by atoms with Gasteiger partial charge in [-0.25, -0.2) is 4.79 Å². The van der Waals surface area contributed by atoms with Crippen LogP contribution in [0.1, 0.15) is 40.7 Å². The Hall–Kier alpha value is -2.62. The summed E-state index contributed by atoms with van der Waals surface area (Å²) < 4.78 is 4.98. The van der Waals surface area contributed by atoms with E-state index in [1.54, 1.807) is 4.90 Å². The summed E-state index contributed by atoms with van der Waals surface area (Å²) in [4.78, 5) is 27.1. The molecule has 0 saturated carbocycles. The highest BCUT2D eigenvalue weighted by Gasteiger charge is 2.35. The van der Waals surface area contributed by atoms with Crippen LogP contribution >= 0.6 is 0 Å². The Balaban J connectivity index is 1.56. The van der Waals surface area contributed by atoms with Gasteiger partial charge in [0.25, 0.3) is 0 Å². The number of hydrogen-bond donors (Lipinski definition) is 0. The number of rotatable bonds is 3. The Labute approximate surface area is 160 Å². The maximum absolute atomic E-state index is 13.1. The molecule has 1 amide bonds. The number of carbonyl (C=O) groups is 2. The van der Waals surface area contributed by atoms with Crippen LogP contribution in [0, 0.1) is 0 Å². The van der Waals surface area contributed by atoms with Gasteiger partial charge in [0.05, 0.1) is 13.5 Å². The molecule has 4 rings (SSSR count). The molecule has 0 spiro atoms. The van der Waals surface area contributed by atoms with Crippen LogP contribution in [-0.4, -0.2) is 29.9 Å². The van der Waals surface area contributed by atoms with Crippen LogP contribution in [-0.2, 0) is 46.6 Å². The second-order valence-electron chi connectivity index (χ2n) is 7.52. The van der Waals surface area contributed by atoms with Gasteiger partial charge in [-0.2, -0.15) is 0 Å². The molecule has 0 N–H and O–H groups in total. The van der Waals surface area contributed by atoms with Crippen molar-refractivity contribution in [1.29, 1.82) is 0 Å². The van der Waals surface area contributed by atoms with E-state index < -0.39 is 6.04 Å². The topological polar surface area (TPSA) is 46.6 Å². The molecule has 0 saturated heterocycles. The predicted molar refractivity (Wildman–Crippen MR) is 103 cm³/mol. The van der Waals surface area contributed by atoms with Gasteiger partial charge < -0.3 is 9.64 Å². The minimum Gasteiger partial charge on any atom is -0.467 e. The van der Waals surface area contributed by atoms with Crippen LogP contribution in [0.2, 0.25) is 0 Å². The fraction of sp³-hybridized carbons (Fsp3) is 0.391. The Kier molecular flexibility index (Phi) is 4.97. The lowest BCUT2D eigenvalue weighted by molar-refractivity contribution is -0.153. The van der Waals surface area contributed by atoms with Gasteiger partial charge in [0.2, 0.25) is 5.91 Å². The molecule has 1 atom stereocenters. The zero-order valence-electron chi connectivity index (χ0n) is 15.7. The van der Waals surface area contributed by atoms with Crippen molar-refractivity contribution >= 4 is 11.9 Å². The fourth-order valence-electron chi connectivity index (χ4n) is 4.30. The van der Waals surface area contributed by atoms with E-state index in [1.807, 2.05) is 24.3 Å². The van der Waals surface area contributed by atoms with Crippen molar-refractivity contribution in [2.45, 2.75) is 51.1 Å². The molecule has 1 unspecified atom stereocenters. The molecule has 4 nitrogen and oxygen atoms in total. The number of esters is 1. The highest BCUT2D eigenvalue weighted by Crippen LogP contribution is 2.26. The van der Waals surface area contributed by atoms with Gasteiger partial charge in [0, 0.05) is 13.0 Å². The normalized spacial score (nSPS) is 18.4. The Bertz CT molecular complexity index is 874. The molecule has 0 radical (unpaired) electrons. The van der Waals surface area contributed by atoms with Crippen LogP contribution in [0.25, 0.3) is 0 Å². The summed E-state index contributed by atoms with van der Waals surface area (Å²) in [5, 5.41) is 0. The van der Waals surface area contributed by atoms with Crippen LogP contribution < -0.4 is 0 Å². The summed E-state index contributed by atoms with van der Waals surface area (Å²) in [6, 6.07) is 13.9. The molecule has 1 heterocycles. The van der Waals surface area contributed by atoms with Gasteiger partial charge in [0.1, 0.15) is 6.04 Å². The lowest BCUT2D eigenvalue weighted by Gasteiger charge is -2.35. The molecule has 140 valence electrons. The van der Waals surface area contributed by atoms with E-state index >= 15 is 0 Å². The van der Waals surface area contributed by atoms with Gasteiger partial charge in [-0.15, -0.1) is 0 Å². The highest BCUT2D eigenvalue weighted by atomic mass is 16.5. The van der Waals surface area contributed by atoms with E-state index in [2.05, 4.69) is 18.2 Å². The number of amides is 1. The van der Waals surface area contributed by atoms with E-state index in [1.165, 1.54) is 31.1 Å². The second kappa shape index (κ2) is 7.55. The lowest BCUT2D eigenvalue weighted by Crippen LogP contribution is -2.49. The first-order valence-electron chi connectivity index (χ1n) is 9.70. The van der Waals surface area contributed by atoms with Gasteiger partial charge in [-0.1, -0.05) is 42.5 Å². The molecule has 1 aliphatic heterocycles. The first-order chi connectivity index (χ1) is 13.2. The zero-order chi connectivity index (χ0) is 18.8. The SMILES string of the molecule is COC(=O)C1Cc2ccccc2CN1C(=O)Cc1ccc2c(c1)CCCC2. The third-order valence-electron chi connectivity index (χ3n) is 5.81. The van der Waals surface area contributed by atoms with Crippen LogP contribution in [0.5, 0.6) is 0 Å². The maximum Gasteiger partial charge on any atom is 0.328 e. The number of ether oxygens (including phenoxy) is 1. The standard InChI is InChI=1S/C23H25NO3/c1-27-23(26)21-14-19-8-4-5-9-20(19)15-24(21)22(25)13-16-10-11-17-6-2-3-7-18(17)12-16/h4-5,8-12,21H,2-3,6-7,13-15H2,1H3. The van der Waals surface area contributed by atoms with Crippen molar-refractivity contribution in [2.24, 2.45) is 0 Å². The predicted octanol–water partition coefficient (Wildman–Crippen LogP) is 3.23. The summed E-state index contributed by atoms with van der Waals surface area (Å²) in [5.41, 5.74) is 6.04. The molecular weight excluding hydrogens is 338 g/mol. The van der Waals surface area contributed by atoms with Crippen molar-refractivity contribution in [2.75, 3.05) is 7.11 Å². The third-order valence-corrected chi connectivity index (χ3v) is 5.81. The zero-order valence-corrected chi connectivity index (χ0v) is 15.7. The summed E-state index contributed by atoms with van der Waals surface area (Å²) in [5.74, 6) is -0.362. The maximum atomic E-state index is 13.1. The van der Waals surface area contributed by atoms with E-state index in [9.17, 15) is 9.59 Å². The van der Waals surface area contributed by atoms with E-state index in [-0.39, 0.29) is 11.9 Å². The molecule has 2 aromatic carbocycles. The number of nitrogens with zero attached hydrogens (tertiary/aromatic N) is 1. The van der Waals surface area contributed by atoms with E-state index in [0.717, 1.165) is 29.5 Å². The third kappa shape index (κ3) is 3.61. The van der Waals surface area contributed by atoms with Crippen LogP contribution in [0.3, 0.4) is 0 Å². The monoisotopic (exact) mass is 363 g/mol. The quantitative estimate of drug-likeness (QED) is 0.787. The number of carbonyl (C=O) groups excluding carboxylic acids is 2. The Morgan fingerprint density at radius 1 is 1.00 bits per heavy atom. The van der Waals surface area contributed by atoms with Gasteiger partial charge in [0.15, 0.2) is 0 Å². The van der Waals surface area contributed by atoms with Crippen molar-refractivity contribution in [3.63, 3.8) is 0 Å². The van der Waals surface area contributed by atoms with Crippen molar-refractivity contribution in [3.05, 3.63) is 70.3 Å². The van der Waals surface area contributed by atoms with Crippen molar-refractivity contribution in [3.8, 4) is 0 Å². The molecule has 4 heteroatoms. The molecular formula is C23H25NO3. The number of hydrogen-bond acceptors (Lipinski definition) is 3. The van der Waals surface area contributed by atoms with Crippen LogP contribution in [0.15, 0.2) is 42.5 Å². The van der Waals surface area contributed by atoms with Crippen LogP contribution in [0.4, 0.5) is 0 Å². The van der Waals surface area contributed by atoms with Crippen molar-refractivity contribution < 1.29 is 14.3 Å². The molecule has 2 aromatic rings. The van der Waals surface area contributed by atoms with Crippen molar-refractivity contribution in [1.82, 2.24) is 4.90 Å². The molecule has 2 aliphatic rings. The van der Waals surface area contributed by atoms with Gasteiger partial charge in [-0.3, -0.25) is 4.79 Å². The number of benzene rings is 2. The van der Waals surface area contributed by atoms with E-state index in [4.69, 9.17) is 4.74 Å². The highest BCUT2D eigenvalue weighted by molar-refractivity contribution is 5.86. The smallest absolute Gasteiger partial charge is 0.328 e. The summed E-state index contributed by atoms with van der Waals surface area (Å²) in [6.07, 6.45) is 5.54. The summed E-state index contributed by atoms with van der Waals surface area (Å²) >= 11 is 0. The molecule has 0 aromatic heterocycles. The Morgan fingerprint density at radius 3 is 2.52 bits per heavy atom. The first-order valence-corrected chi connectivity index (χ1v) is 9.70. The van der Waals surface area contributed by atoms with E-state index in [0.29, 0.717) is 19.4 Å². The number of aryl methyl sites for hydroxylation is 2. The average Bonchev–Trinajstić information content (AvgIpc) is 2.72. The number of methoxy groups -OCH3 is 1. The van der Waals surface area contributed by atoms with Gasteiger partial charge in [-0.05, 0) is 53.5 Å².